The van der Waals surface area contributed by atoms with Gasteiger partial charge in [-0.25, -0.2) is 9.29 Å². The molecule has 4 atom stereocenters. The number of nitrogens with zero attached hydrogens (tertiary/aromatic N) is 2. The lowest BCUT2D eigenvalue weighted by atomic mass is 9.76. The maximum Gasteiger partial charge on any atom is 0.250 e. The quantitative estimate of drug-likeness (QED) is 0.552. The number of anilines is 2. The number of nitriles is 1. The maximum atomic E-state index is 14.3. The third-order valence-corrected chi connectivity index (χ3v) is 8.84. The van der Waals surface area contributed by atoms with E-state index in [2.05, 4.69) is 16.7 Å². The number of carbonyl (C=O) groups excluding carboxylic acids is 4. The molecule has 2 fully saturated rings. The number of nitrogens with one attached hydrogen (secondary N) is 2. The molecule has 11 heteroatoms. The fraction of sp³-hybridized carbons (Fsp3) is 0.375. The summed E-state index contributed by atoms with van der Waals surface area (Å²) in [5.41, 5.74) is 5.40. The van der Waals surface area contributed by atoms with Gasteiger partial charge >= 0.3 is 0 Å². The first kappa shape index (κ1) is 21.9. The van der Waals surface area contributed by atoms with E-state index in [0.29, 0.717) is 17.7 Å². The van der Waals surface area contributed by atoms with Crippen LogP contribution in [0.25, 0.3) is 0 Å². The number of carbonyl (C=O) groups is 4. The van der Waals surface area contributed by atoms with E-state index in [1.165, 1.54) is 23.5 Å². The van der Waals surface area contributed by atoms with Crippen molar-refractivity contribution >= 4 is 45.7 Å². The summed E-state index contributed by atoms with van der Waals surface area (Å²) >= 11 is 1.25. The first-order valence-corrected chi connectivity index (χ1v) is 12.2. The molecule has 9 nitrogen and oxygen atoms in total. The lowest BCUT2D eigenvalue weighted by Crippen LogP contribution is -2.53. The molecular weight excluding hydrogens is 473 g/mol. The number of halogens is 1. The summed E-state index contributed by atoms with van der Waals surface area (Å²) in [7, 11) is 0. The van der Waals surface area contributed by atoms with Gasteiger partial charge in [-0.2, -0.15) is 5.26 Å². The number of hydrogen-bond acceptors (Lipinski definition) is 7. The van der Waals surface area contributed by atoms with Crippen molar-refractivity contribution in [2.24, 2.45) is 17.6 Å². The minimum atomic E-state index is -1.74. The minimum absolute atomic E-state index is 0.207. The number of imide groups is 1. The third-order valence-electron chi connectivity index (χ3n) is 7.57. The highest BCUT2D eigenvalue weighted by molar-refractivity contribution is 7.17. The predicted molar refractivity (Wildman–Crippen MR) is 123 cm³/mol. The molecule has 1 aliphatic carbocycles. The number of fused-ring (bicyclic) bond motifs is 5. The summed E-state index contributed by atoms with van der Waals surface area (Å²) in [6.45, 7) is 0. The molecule has 0 radical (unpaired) electrons. The fourth-order valence-corrected chi connectivity index (χ4v) is 7.54. The number of hydrogen-bond donors (Lipinski definition) is 3. The fourth-order valence-electron chi connectivity index (χ4n) is 6.19. The number of rotatable bonds is 3. The molecule has 0 unspecified atom stereocenters. The van der Waals surface area contributed by atoms with Crippen molar-refractivity contribution in [3.63, 3.8) is 0 Å². The molecule has 178 valence electrons. The second-order valence-electron chi connectivity index (χ2n) is 9.39. The number of primary amides is 1. The van der Waals surface area contributed by atoms with Gasteiger partial charge in [0.25, 0.3) is 0 Å². The Hall–Kier alpha value is -3.62. The van der Waals surface area contributed by atoms with Crippen molar-refractivity contribution in [1.82, 2.24) is 5.32 Å². The Kier molecular flexibility index (Phi) is 4.65. The highest BCUT2D eigenvalue weighted by atomic mass is 32.1. The molecule has 4 amide bonds. The Morgan fingerprint density at radius 3 is 2.77 bits per heavy atom. The van der Waals surface area contributed by atoms with Crippen LogP contribution in [0.1, 0.15) is 40.8 Å². The first-order valence-electron chi connectivity index (χ1n) is 11.4. The van der Waals surface area contributed by atoms with Crippen LogP contribution in [-0.2, 0) is 37.6 Å². The van der Waals surface area contributed by atoms with Gasteiger partial charge in [0.15, 0.2) is 0 Å². The van der Waals surface area contributed by atoms with Gasteiger partial charge in [0.2, 0.25) is 23.6 Å². The van der Waals surface area contributed by atoms with Crippen LogP contribution in [0.3, 0.4) is 0 Å². The molecule has 6 rings (SSSR count). The number of aryl methyl sites for hydroxylation is 1. The molecule has 3 aliphatic heterocycles. The standard InChI is InChI=1S/C24H20FN5O4S/c25-10-5-6-14-13(7-10)24(23(34)28-14)19-18(15(29-24)8-17(27)31)20(32)30(21(19)33)22-12(9-26)11-3-1-2-4-16(11)35-22/h5-7,15,18-19,29H,1-4,8H2,(H2,27,31)(H,28,34)/t15-,18+,19-,24+/m0/s1. The van der Waals surface area contributed by atoms with Crippen molar-refractivity contribution < 1.29 is 23.6 Å². The normalized spacial score (nSPS) is 28.6. The van der Waals surface area contributed by atoms with Crippen LogP contribution in [0.5, 0.6) is 0 Å². The van der Waals surface area contributed by atoms with Crippen LogP contribution < -0.4 is 21.3 Å². The highest BCUT2D eigenvalue weighted by Crippen LogP contribution is 2.55. The Morgan fingerprint density at radius 1 is 1.26 bits per heavy atom. The van der Waals surface area contributed by atoms with Crippen LogP contribution in [0.2, 0.25) is 0 Å². The van der Waals surface area contributed by atoms with Gasteiger partial charge in [-0.1, -0.05) is 0 Å². The van der Waals surface area contributed by atoms with E-state index in [1.54, 1.807) is 0 Å². The zero-order valence-corrected chi connectivity index (χ0v) is 19.2. The van der Waals surface area contributed by atoms with Crippen molar-refractivity contribution in [3.05, 3.63) is 45.6 Å². The van der Waals surface area contributed by atoms with E-state index in [9.17, 15) is 28.8 Å². The topological polar surface area (TPSA) is 145 Å². The third kappa shape index (κ3) is 2.81. The summed E-state index contributed by atoms with van der Waals surface area (Å²) in [6.07, 6.45) is 3.05. The van der Waals surface area contributed by atoms with E-state index in [1.807, 2.05) is 0 Å². The lowest BCUT2D eigenvalue weighted by molar-refractivity contribution is -0.130. The van der Waals surface area contributed by atoms with E-state index >= 15 is 0 Å². The van der Waals surface area contributed by atoms with Gasteiger partial charge in [-0.15, -0.1) is 11.3 Å². The second kappa shape index (κ2) is 7.44. The Labute approximate surface area is 203 Å². The van der Waals surface area contributed by atoms with Crippen LogP contribution in [0, 0.1) is 29.0 Å². The first-order chi connectivity index (χ1) is 16.8. The summed E-state index contributed by atoms with van der Waals surface area (Å²) in [5, 5.41) is 15.9. The zero-order chi connectivity index (χ0) is 24.6. The SMILES string of the molecule is N#Cc1c(N2C(=O)[C@@H]3[C@H](CC(N)=O)N[C@@]4(C(=O)Nc5ccc(F)cc54)[C@@H]3C2=O)sc2c1CCCC2. The smallest absolute Gasteiger partial charge is 0.250 e. The molecule has 1 aromatic heterocycles. The highest BCUT2D eigenvalue weighted by Gasteiger charge is 2.71. The molecule has 4 heterocycles. The molecule has 1 aromatic carbocycles. The second-order valence-corrected chi connectivity index (χ2v) is 10.5. The molecule has 0 bridgehead atoms. The maximum absolute atomic E-state index is 14.3. The summed E-state index contributed by atoms with van der Waals surface area (Å²) in [4.78, 5) is 55.0. The molecule has 4 aliphatic rings. The van der Waals surface area contributed by atoms with Gasteiger partial charge in [0, 0.05) is 28.6 Å². The van der Waals surface area contributed by atoms with E-state index in [0.717, 1.165) is 40.7 Å². The molecular formula is C24H20FN5O4S. The Morgan fingerprint density at radius 2 is 2.03 bits per heavy atom. The van der Waals surface area contributed by atoms with E-state index < -0.39 is 52.9 Å². The zero-order valence-electron chi connectivity index (χ0n) is 18.4. The Balaban J connectivity index is 1.53. The van der Waals surface area contributed by atoms with Crippen LogP contribution in [0.4, 0.5) is 15.1 Å². The summed E-state index contributed by atoms with van der Waals surface area (Å²) in [6, 6.07) is 5.00. The van der Waals surface area contributed by atoms with Crippen LogP contribution in [-0.4, -0.2) is 29.7 Å². The molecule has 0 saturated carbocycles. The van der Waals surface area contributed by atoms with Gasteiger partial charge in [-0.05, 0) is 49.4 Å². The minimum Gasteiger partial charge on any atom is -0.370 e. The largest absolute Gasteiger partial charge is 0.370 e. The van der Waals surface area contributed by atoms with Crippen molar-refractivity contribution in [2.75, 3.05) is 10.2 Å². The van der Waals surface area contributed by atoms with Crippen molar-refractivity contribution in [3.8, 4) is 6.07 Å². The number of nitrogens with two attached hydrogens (primary N) is 1. The predicted octanol–water partition coefficient (Wildman–Crippen LogP) is 1.44. The van der Waals surface area contributed by atoms with Crippen LogP contribution in [0.15, 0.2) is 18.2 Å². The van der Waals surface area contributed by atoms with Gasteiger partial charge < -0.3 is 11.1 Å². The molecule has 35 heavy (non-hydrogen) atoms. The number of amides is 4. The van der Waals surface area contributed by atoms with Gasteiger partial charge in [-0.3, -0.25) is 24.5 Å². The average molecular weight is 494 g/mol. The van der Waals surface area contributed by atoms with Crippen molar-refractivity contribution in [1.29, 1.82) is 5.26 Å². The monoisotopic (exact) mass is 493 g/mol. The molecule has 2 saturated heterocycles. The molecule has 2 aromatic rings. The van der Waals surface area contributed by atoms with Crippen molar-refractivity contribution in [2.45, 2.75) is 43.7 Å². The van der Waals surface area contributed by atoms with E-state index in [-0.39, 0.29) is 17.0 Å². The number of benzene rings is 1. The Bertz CT molecular complexity index is 1400. The van der Waals surface area contributed by atoms with Crippen LogP contribution >= 0.6 is 11.3 Å². The molecule has 4 N–H and O–H groups in total. The van der Waals surface area contributed by atoms with E-state index in [4.69, 9.17) is 5.73 Å². The number of thiophene rings is 1. The summed E-state index contributed by atoms with van der Waals surface area (Å²) in [5.74, 6) is -5.48. The van der Waals surface area contributed by atoms with Gasteiger partial charge in [0.1, 0.15) is 22.4 Å². The average Bonchev–Trinajstić information content (AvgIpc) is 3.50. The molecule has 1 spiro atoms. The van der Waals surface area contributed by atoms with Gasteiger partial charge in [0.05, 0.1) is 17.4 Å². The summed E-state index contributed by atoms with van der Waals surface area (Å²) < 4.78 is 14.3. The lowest BCUT2D eigenvalue weighted by Gasteiger charge is -2.29.